The Morgan fingerprint density at radius 1 is 0.889 bits per heavy atom. The van der Waals surface area contributed by atoms with Crippen molar-refractivity contribution in [3.8, 4) is 0 Å². The number of aromatic nitrogens is 1. The molecule has 0 bridgehead atoms. The molecule has 0 radical (unpaired) electrons. The minimum absolute atomic E-state index is 0.0111. The van der Waals surface area contributed by atoms with Crippen molar-refractivity contribution in [1.82, 2.24) is 4.98 Å². The van der Waals surface area contributed by atoms with Crippen molar-refractivity contribution in [1.29, 1.82) is 0 Å². The fraction of sp³-hybridized carbons (Fsp3) is 0. The molecule has 0 aliphatic rings. The van der Waals surface area contributed by atoms with E-state index in [1.807, 2.05) is 42.5 Å². The molecule has 4 rings (SSSR count). The molecule has 0 unspecified atom stereocenters. The Labute approximate surface area is 102 Å². The Bertz CT molecular complexity index is 947. The van der Waals surface area contributed by atoms with E-state index in [1.54, 1.807) is 6.07 Å². The molecule has 2 aromatic heterocycles. The van der Waals surface area contributed by atoms with Crippen LogP contribution in [0.4, 0.5) is 0 Å². The third-order valence-corrected chi connectivity index (χ3v) is 3.23. The van der Waals surface area contributed by atoms with Crippen LogP contribution in [-0.4, -0.2) is 4.98 Å². The molecule has 3 heteroatoms. The van der Waals surface area contributed by atoms with E-state index >= 15 is 0 Å². The molecule has 86 valence electrons. The van der Waals surface area contributed by atoms with Gasteiger partial charge >= 0.3 is 0 Å². The molecule has 1 N–H and O–H groups in total. The van der Waals surface area contributed by atoms with Gasteiger partial charge in [0.2, 0.25) is 5.43 Å². The number of benzene rings is 2. The maximum Gasteiger partial charge on any atom is 0.216 e. The third-order valence-electron chi connectivity index (χ3n) is 3.23. The molecule has 0 fully saturated rings. The van der Waals surface area contributed by atoms with Crippen LogP contribution in [0.3, 0.4) is 0 Å². The first kappa shape index (κ1) is 9.48. The van der Waals surface area contributed by atoms with Gasteiger partial charge in [-0.2, -0.15) is 0 Å². The summed E-state index contributed by atoms with van der Waals surface area (Å²) in [5, 5.41) is 1.55. The normalized spacial score (nSPS) is 11.6. The molecule has 2 aromatic carbocycles. The van der Waals surface area contributed by atoms with Gasteiger partial charge in [0.05, 0.1) is 5.39 Å². The quantitative estimate of drug-likeness (QED) is 0.507. The zero-order chi connectivity index (χ0) is 12.1. The summed E-state index contributed by atoms with van der Waals surface area (Å²) in [4.78, 5) is 15.5. The van der Waals surface area contributed by atoms with Crippen molar-refractivity contribution in [2.45, 2.75) is 0 Å². The Morgan fingerprint density at radius 2 is 1.61 bits per heavy atom. The first-order valence-corrected chi connectivity index (χ1v) is 5.77. The van der Waals surface area contributed by atoms with Crippen molar-refractivity contribution >= 4 is 33.0 Å². The zero-order valence-electron chi connectivity index (χ0n) is 9.44. The lowest BCUT2D eigenvalue weighted by Crippen LogP contribution is -2.01. The summed E-state index contributed by atoms with van der Waals surface area (Å²) in [6.45, 7) is 0. The van der Waals surface area contributed by atoms with Gasteiger partial charge in [-0.25, -0.2) is 0 Å². The molecule has 18 heavy (non-hydrogen) atoms. The fourth-order valence-electron chi connectivity index (χ4n) is 2.37. The van der Waals surface area contributed by atoms with Crippen LogP contribution < -0.4 is 5.43 Å². The first-order valence-electron chi connectivity index (χ1n) is 5.77. The second-order valence-corrected chi connectivity index (χ2v) is 4.30. The Kier molecular flexibility index (Phi) is 1.70. The highest BCUT2D eigenvalue weighted by molar-refractivity contribution is 6.06. The summed E-state index contributed by atoms with van der Waals surface area (Å²) < 4.78 is 5.85. The minimum atomic E-state index is -0.0111. The molecule has 0 spiro atoms. The van der Waals surface area contributed by atoms with Crippen LogP contribution in [0, 0.1) is 0 Å². The van der Waals surface area contributed by atoms with E-state index in [9.17, 15) is 4.79 Å². The number of hydrogen-bond acceptors (Lipinski definition) is 2. The van der Waals surface area contributed by atoms with E-state index in [1.165, 1.54) is 0 Å². The number of hydrogen-bond donors (Lipinski definition) is 1. The first-order chi connectivity index (χ1) is 8.84. The SMILES string of the molecule is O=c1c2ccccc2oc2c1[nH]c1ccccc12. The molecule has 0 aliphatic carbocycles. The highest BCUT2D eigenvalue weighted by Crippen LogP contribution is 2.26. The monoisotopic (exact) mass is 235 g/mol. The molecule has 0 atom stereocenters. The van der Waals surface area contributed by atoms with Crippen LogP contribution >= 0.6 is 0 Å². The summed E-state index contributed by atoms with van der Waals surface area (Å²) in [5.74, 6) is 0. The highest BCUT2D eigenvalue weighted by atomic mass is 16.3. The topological polar surface area (TPSA) is 46.0 Å². The smallest absolute Gasteiger partial charge is 0.216 e. The fourth-order valence-corrected chi connectivity index (χ4v) is 2.37. The van der Waals surface area contributed by atoms with E-state index in [2.05, 4.69) is 4.98 Å². The lowest BCUT2D eigenvalue weighted by Gasteiger charge is -1.96. The van der Waals surface area contributed by atoms with Gasteiger partial charge in [-0.1, -0.05) is 24.3 Å². The number of aromatic amines is 1. The van der Waals surface area contributed by atoms with Gasteiger partial charge in [0.25, 0.3) is 0 Å². The average Bonchev–Trinajstić information content (AvgIpc) is 2.79. The van der Waals surface area contributed by atoms with Crippen LogP contribution in [0.25, 0.3) is 33.0 Å². The highest BCUT2D eigenvalue weighted by Gasteiger charge is 2.12. The Morgan fingerprint density at radius 3 is 2.50 bits per heavy atom. The number of rotatable bonds is 0. The van der Waals surface area contributed by atoms with E-state index in [0.717, 1.165) is 10.9 Å². The van der Waals surface area contributed by atoms with E-state index in [4.69, 9.17) is 4.42 Å². The molecular weight excluding hydrogens is 226 g/mol. The van der Waals surface area contributed by atoms with Crippen molar-refractivity contribution in [3.63, 3.8) is 0 Å². The van der Waals surface area contributed by atoms with Gasteiger partial charge < -0.3 is 9.40 Å². The molecular formula is C15H9NO2. The van der Waals surface area contributed by atoms with Gasteiger partial charge in [-0.3, -0.25) is 4.79 Å². The number of fused-ring (bicyclic) bond motifs is 4. The van der Waals surface area contributed by atoms with Crippen LogP contribution in [0.15, 0.2) is 57.7 Å². The van der Waals surface area contributed by atoms with E-state index < -0.39 is 0 Å². The van der Waals surface area contributed by atoms with Crippen molar-refractivity contribution in [2.24, 2.45) is 0 Å². The van der Waals surface area contributed by atoms with Gasteiger partial charge in [0, 0.05) is 10.9 Å². The van der Waals surface area contributed by atoms with Gasteiger partial charge in [-0.05, 0) is 24.3 Å². The largest absolute Gasteiger partial charge is 0.454 e. The molecule has 0 amide bonds. The van der Waals surface area contributed by atoms with Gasteiger partial charge in [0.1, 0.15) is 11.1 Å². The molecule has 4 aromatic rings. The maximum atomic E-state index is 12.4. The van der Waals surface area contributed by atoms with Gasteiger partial charge in [0.15, 0.2) is 5.58 Å². The molecule has 0 saturated carbocycles. The van der Waals surface area contributed by atoms with Crippen molar-refractivity contribution in [3.05, 3.63) is 58.8 Å². The molecule has 2 heterocycles. The summed E-state index contributed by atoms with van der Waals surface area (Å²) in [5.41, 5.74) is 2.70. The summed E-state index contributed by atoms with van der Waals surface area (Å²) in [6.07, 6.45) is 0. The predicted molar refractivity (Wildman–Crippen MR) is 71.8 cm³/mol. The lowest BCUT2D eigenvalue weighted by atomic mass is 10.2. The van der Waals surface area contributed by atoms with Crippen LogP contribution in [0.1, 0.15) is 0 Å². The van der Waals surface area contributed by atoms with Crippen LogP contribution in [0.2, 0.25) is 0 Å². The van der Waals surface area contributed by atoms with Crippen molar-refractivity contribution < 1.29 is 4.42 Å². The number of nitrogens with one attached hydrogen (secondary N) is 1. The average molecular weight is 235 g/mol. The molecule has 0 aliphatic heterocycles. The lowest BCUT2D eigenvalue weighted by molar-refractivity contribution is 0.664. The number of H-pyrrole nitrogens is 1. The zero-order valence-corrected chi connectivity index (χ0v) is 9.44. The third kappa shape index (κ3) is 1.10. The molecule has 3 nitrogen and oxygen atoms in total. The molecule has 0 saturated heterocycles. The summed E-state index contributed by atoms with van der Waals surface area (Å²) >= 11 is 0. The van der Waals surface area contributed by atoms with Crippen molar-refractivity contribution in [2.75, 3.05) is 0 Å². The predicted octanol–water partition coefficient (Wildman–Crippen LogP) is 3.43. The maximum absolute atomic E-state index is 12.4. The van der Waals surface area contributed by atoms with Gasteiger partial charge in [-0.15, -0.1) is 0 Å². The minimum Gasteiger partial charge on any atom is -0.454 e. The van der Waals surface area contributed by atoms with Crippen LogP contribution in [-0.2, 0) is 0 Å². The Hall–Kier alpha value is -2.55. The van der Waals surface area contributed by atoms with E-state index in [0.29, 0.717) is 22.1 Å². The summed E-state index contributed by atoms with van der Waals surface area (Å²) in [7, 11) is 0. The Balaban J connectivity index is 2.38. The second kappa shape index (κ2) is 3.23. The second-order valence-electron chi connectivity index (χ2n) is 4.30. The number of para-hydroxylation sites is 2. The van der Waals surface area contributed by atoms with Crippen LogP contribution in [0.5, 0.6) is 0 Å². The summed E-state index contributed by atoms with van der Waals surface area (Å²) in [6, 6.07) is 15.1. The van der Waals surface area contributed by atoms with E-state index in [-0.39, 0.29) is 5.43 Å². The standard InChI is InChI=1S/C15H9NO2/c17-14-10-6-2-4-8-12(10)18-15-9-5-1-3-7-11(9)16-13(14)15/h1-8,16H.